The average molecular weight is 341 g/mol. The molecule has 1 atom stereocenters. The third-order valence-electron chi connectivity index (χ3n) is 3.38. The van der Waals surface area contributed by atoms with Gasteiger partial charge in [-0.15, -0.1) is 0 Å². The van der Waals surface area contributed by atoms with Crippen molar-refractivity contribution in [3.63, 3.8) is 0 Å². The van der Waals surface area contributed by atoms with Crippen molar-refractivity contribution in [2.75, 3.05) is 24.7 Å². The van der Waals surface area contributed by atoms with Gasteiger partial charge in [-0.3, -0.25) is 4.79 Å². The molecule has 2 rings (SSSR count). The Morgan fingerprint density at radius 3 is 2.48 bits per heavy atom. The van der Waals surface area contributed by atoms with Crippen LogP contribution in [0.25, 0.3) is 0 Å². The zero-order chi connectivity index (χ0) is 17.0. The van der Waals surface area contributed by atoms with E-state index >= 15 is 0 Å². The molecule has 1 aliphatic rings. The maximum atomic E-state index is 12.0. The summed E-state index contributed by atoms with van der Waals surface area (Å²) in [7, 11) is -3.38. The van der Waals surface area contributed by atoms with Crippen molar-refractivity contribution in [1.29, 1.82) is 0 Å². The van der Waals surface area contributed by atoms with E-state index in [0.717, 1.165) is 5.56 Å². The van der Waals surface area contributed by atoms with Gasteiger partial charge in [-0.2, -0.15) is 0 Å². The summed E-state index contributed by atoms with van der Waals surface area (Å²) in [6.07, 6.45) is 0. The molecule has 1 aromatic carbocycles. The number of hydrogen-bond acceptors (Lipinski definition) is 5. The molecule has 0 saturated carbocycles. The van der Waals surface area contributed by atoms with Gasteiger partial charge in [0.2, 0.25) is 5.91 Å². The second-order valence-electron chi connectivity index (χ2n) is 6.14. The molecule has 0 saturated heterocycles. The maximum absolute atomic E-state index is 12.0. The van der Waals surface area contributed by atoms with E-state index in [4.69, 9.17) is 9.47 Å². The molecule has 7 heteroatoms. The summed E-state index contributed by atoms with van der Waals surface area (Å²) in [5.74, 6) is 0.357. The third-order valence-corrected chi connectivity index (χ3v) is 5.26. The number of carbonyl (C=O) groups excluding carboxylic acids is 1. The van der Waals surface area contributed by atoms with Crippen LogP contribution in [-0.2, 0) is 14.6 Å². The first-order valence-corrected chi connectivity index (χ1v) is 9.48. The fourth-order valence-corrected chi connectivity index (χ4v) is 4.08. The minimum atomic E-state index is -3.38. The van der Waals surface area contributed by atoms with Gasteiger partial charge in [0.1, 0.15) is 19.0 Å². The van der Waals surface area contributed by atoms with Crippen molar-refractivity contribution in [2.45, 2.75) is 26.8 Å². The molecular formula is C16H23NO5S. The fraction of sp³-hybridized carbons (Fsp3) is 0.562. The predicted octanol–water partition coefficient (Wildman–Crippen LogP) is 1.71. The summed E-state index contributed by atoms with van der Waals surface area (Å²) in [6.45, 7) is 6.44. The van der Waals surface area contributed by atoms with E-state index in [0.29, 0.717) is 24.7 Å². The van der Waals surface area contributed by atoms with Gasteiger partial charge in [0.15, 0.2) is 21.3 Å². The molecule has 0 radical (unpaired) electrons. The Labute approximate surface area is 137 Å². The quantitative estimate of drug-likeness (QED) is 0.852. The van der Waals surface area contributed by atoms with Crippen LogP contribution in [0.15, 0.2) is 18.2 Å². The number of rotatable bonds is 6. The van der Waals surface area contributed by atoms with Gasteiger partial charge in [0.05, 0.1) is 11.8 Å². The lowest BCUT2D eigenvalue weighted by molar-refractivity contribution is -0.119. The molecule has 128 valence electrons. The van der Waals surface area contributed by atoms with Crippen molar-refractivity contribution in [3.05, 3.63) is 23.8 Å². The highest BCUT2D eigenvalue weighted by atomic mass is 32.2. The van der Waals surface area contributed by atoms with E-state index in [-0.39, 0.29) is 17.7 Å². The van der Waals surface area contributed by atoms with Gasteiger partial charge in [0.25, 0.3) is 0 Å². The van der Waals surface area contributed by atoms with Crippen LogP contribution in [0.3, 0.4) is 0 Å². The second-order valence-corrected chi connectivity index (χ2v) is 8.25. The topological polar surface area (TPSA) is 81.7 Å². The molecule has 23 heavy (non-hydrogen) atoms. The van der Waals surface area contributed by atoms with Crippen LogP contribution in [0.4, 0.5) is 0 Å². The molecule has 1 N–H and O–H groups in total. The lowest BCUT2D eigenvalue weighted by atomic mass is 10.1. The smallest absolute Gasteiger partial charge is 0.235 e. The van der Waals surface area contributed by atoms with E-state index in [9.17, 15) is 13.2 Å². The van der Waals surface area contributed by atoms with Crippen molar-refractivity contribution < 1.29 is 22.7 Å². The number of hydrogen-bond donors (Lipinski definition) is 1. The largest absolute Gasteiger partial charge is 0.486 e. The summed E-state index contributed by atoms with van der Waals surface area (Å²) in [4.78, 5) is 12.0. The molecule has 1 amide bonds. The summed E-state index contributed by atoms with van der Waals surface area (Å²) >= 11 is 0. The van der Waals surface area contributed by atoms with Crippen molar-refractivity contribution in [1.82, 2.24) is 5.32 Å². The summed E-state index contributed by atoms with van der Waals surface area (Å²) in [6, 6.07) is 5.12. The Bertz CT molecular complexity index is 669. The molecule has 1 aromatic rings. The standard InChI is InChI=1S/C16H23NO5S/c1-11(2)9-23(19,20)10-16(18)17-12(3)13-4-5-14-15(8-13)22-7-6-21-14/h4-5,8,11-12H,6-7,9-10H2,1-3H3,(H,17,18). The second kappa shape index (κ2) is 7.21. The van der Waals surface area contributed by atoms with Crippen LogP contribution in [0, 0.1) is 5.92 Å². The Hall–Kier alpha value is -1.76. The van der Waals surface area contributed by atoms with Crippen molar-refractivity contribution in [2.24, 2.45) is 5.92 Å². The van der Waals surface area contributed by atoms with Gasteiger partial charge in [0, 0.05) is 0 Å². The number of ether oxygens (including phenoxy) is 2. The van der Waals surface area contributed by atoms with Crippen molar-refractivity contribution in [3.8, 4) is 11.5 Å². The highest BCUT2D eigenvalue weighted by Gasteiger charge is 2.21. The maximum Gasteiger partial charge on any atom is 0.235 e. The lowest BCUT2D eigenvalue weighted by Crippen LogP contribution is -2.33. The van der Waals surface area contributed by atoms with Crippen LogP contribution in [-0.4, -0.2) is 39.0 Å². The van der Waals surface area contributed by atoms with Gasteiger partial charge in [-0.1, -0.05) is 19.9 Å². The van der Waals surface area contributed by atoms with Crippen LogP contribution in [0.1, 0.15) is 32.4 Å². The molecular weight excluding hydrogens is 318 g/mol. The zero-order valence-corrected chi connectivity index (χ0v) is 14.5. The molecule has 0 bridgehead atoms. The number of nitrogens with one attached hydrogen (secondary N) is 1. The normalized spacial score (nSPS) is 15.3. The number of carbonyl (C=O) groups is 1. The molecule has 0 spiro atoms. The number of benzene rings is 1. The van der Waals surface area contributed by atoms with Crippen LogP contribution < -0.4 is 14.8 Å². The first-order chi connectivity index (χ1) is 10.8. The molecule has 1 heterocycles. The first-order valence-electron chi connectivity index (χ1n) is 7.66. The SMILES string of the molecule is CC(C)CS(=O)(=O)CC(=O)NC(C)c1ccc2c(c1)OCCO2. The Morgan fingerprint density at radius 1 is 1.17 bits per heavy atom. The highest BCUT2D eigenvalue weighted by Crippen LogP contribution is 2.32. The van der Waals surface area contributed by atoms with Gasteiger partial charge in [-0.25, -0.2) is 8.42 Å². The van der Waals surface area contributed by atoms with E-state index in [1.54, 1.807) is 13.0 Å². The first kappa shape index (κ1) is 17.6. The van der Waals surface area contributed by atoms with Crippen LogP contribution in [0.5, 0.6) is 11.5 Å². The van der Waals surface area contributed by atoms with Gasteiger partial charge in [-0.05, 0) is 30.5 Å². The predicted molar refractivity (Wildman–Crippen MR) is 87.5 cm³/mol. The highest BCUT2D eigenvalue weighted by molar-refractivity contribution is 7.92. The van der Waals surface area contributed by atoms with E-state index in [2.05, 4.69) is 5.32 Å². The molecule has 6 nitrogen and oxygen atoms in total. The fourth-order valence-electron chi connectivity index (χ4n) is 2.46. The van der Waals surface area contributed by atoms with Crippen molar-refractivity contribution >= 4 is 15.7 Å². The lowest BCUT2D eigenvalue weighted by Gasteiger charge is -2.21. The van der Waals surface area contributed by atoms with Crippen LogP contribution in [0.2, 0.25) is 0 Å². The third kappa shape index (κ3) is 5.13. The van der Waals surface area contributed by atoms with E-state index in [1.165, 1.54) is 0 Å². The summed E-state index contributed by atoms with van der Waals surface area (Å²) < 4.78 is 34.7. The summed E-state index contributed by atoms with van der Waals surface area (Å²) in [5.41, 5.74) is 0.837. The van der Waals surface area contributed by atoms with Crippen LogP contribution >= 0.6 is 0 Å². The molecule has 1 aliphatic heterocycles. The van der Waals surface area contributed by atoms with E-state index in [1.807, 2.05) is 26.0 Å². The Balaban J connectivity index is 1.98. The average Bonchev–Trinajstić information content (AvgIpc) is 2.44. The Morgan fingerprint density at radius 2 is 1.83 bits per heavy atom. The zero-order valence-electron chi connectivity index (χ0n) is 13.7. The van der Waals surface area contributed by atoms with E-state index < -0.39 is 21.5 Å². The molecule has 0 aromatic heterocycles. The monoisotopic (exact) mass is 341 g/mol. The number of sulfone groups is 1. The minimum absolute atomic E-state index is 0.00279. The summed E-state index contributed by atoms with van der Waals surface area (Å²) in [5, 5.41) is 2.72. The van der Waals surface area contributed by atoms with Gasteiger partial charge >= 0.3 is 0 Å². The molecule has 1 unspecified atom stereocenters. The Kier molecular flexibility index (Phi) is 5.51. The van der Waals surface area contributed by atoms with Gasteiger partial charge < -0.3 is 14.8 Å². The number of fused-ring (bicyclic) bond motifs is 1. The molecule has 0 aliphatic carbocycles. The number of amides is 1. The molecule has 0 fully saturated rings. The minimum Gasteiger partial charge on any atom is -0.486 e.